The van der Waals surface area contributed by atoms with E-state index in [4.69, 9.17) is 15.3 Å². The summed E-state index contributed by atoms with van der Waals surface area (Å²) in [5.41, 5.74) is 0. The van der Waals surface area contributed by atoms with Gasteiger partial charge in [-0.3, -0.25) is 0 Å². The summed E-state index contributed by atoms with van der Waals surface area (Å²) in [6.45, 7) is 0.918. The van der Waals surface area contributed by atoms with E-state index in [2.05, 4.69) is 5.32 Å². The second-order valence-corrected chi connectivity index (χ2v) is 4.15. The molecular weight excluding hydrogens is 228 g/mol. The zero-order valence-electron chi connectivity index (χ0n) is 9.50. The molecule has 1 heterocycles. The van der Waals surface area contributed by atoms with Crippen LogP contribution in [0.2, 0.25) is 0 Å². The molecule has 7 nitrogen and oxygen atoms in total. The maximum Gasteiger partial charge on any atom is 0.334 e. The minimum absolute atomic E-state index is 0.132. The summed E-state index contributed by atoms with van der Waals surface area (Å²) in [5, 5.41) is 28.7. The summed E-state index contributed by atoms with van der Waals surface area (Å²) in [7, 11) is 0. The largest absolute Gasteiger partial charge is 0.479 e. The van der Waals surface area contributed by atoms with Gasteiger partial charge in [0.05, 0.1) is 6.54 Å². The van der Waals surface area contributed by atoms with Gasteiger partial charge in [0.2, 0.25) is 0 Å². The number of carbonyl (C=O) groups excluding carboxylic acids is 1. The van der Waals surface area contributed by atoms with Crippen LogP contribution in [-0.2, 0) is 4.79 Å². The minimum Gasteiger partial charge on any atom is -0.479 e. The van der Waals surface area contributed by atoms with Crippen LogP contribution in [0.5, 0.6) is 0 Å². The van der Waals surface area contributed by atoms with Crippen molar-refractivity contribution in [3.05, 3.63) is 0 Å². The molecule has 0 aromatic heterocycles. The van der Waals surface area contributed by atoms with Crippen LogP contribution in [-0.4, -0.2) is 64.6 Å². The van der Waals surface area contributed by atoms with Gasteiger partial charge in [0.25, 0.3) is 0 Å². The van der Waals surface area contributed by atoms with Crippen LogP contribution in [0.1, 0.15) is 12.8 Å². The molecule has 0 aromatic carbocycles. The number of hydrogen-bond donors (Lipinski definition) is 4. The number of rotatable bonds is 4. The summed E-state index contributed by atoms with van der Waals surface area (Å²) in [6.07, 6.45) is -0.0921. The molecule has 7 heteroatoms. The monoisotopic (exact) mass is 246 g/mol. The summed E-state index contributed by atoms with van der Waals surface area (Å²) in [4.78, 5) is 23.5. The lowest BCUT2D eigenvalue weighted by Crippen LogP contribution is -2.47. The third kappa shape index (κ3) is 4.20. The fourth-order valence-corrected chi connectivity index (χ4v) is 1.70. The fourth-order valence-electron chi connectivity index (χ4n) is 1.70. The third-order valence-electron chi connectivity index (χ3n) is 2.89. The van der Waals surface area contributed by atoms with Gasteiger partial charge in [-0.25, -0.2) is 9.59 Å². The fraction of sp³-hybridized carbons (Fsp3) is 0.800. The molecule has 1 saturated heterocycles. The Morgan fingerprint density at radius 3 is 2.41 bits per heavy atom. The smallest absolute Gasteiger partial charge is 0.334 e. The Balaban J connectivity index is 2.27. The van der Waals surface area contributed by atoms with E-state index in [1.54, 1.807) is 4.90 Å². The number of aliphatic hydroxyl groups is 2. The number of likely N-dealkylation sites (tertiary alicyclic amines) is 1. The average Bonchev–Trinajstić information content (AvgIpc) is 2.35. The number of nitrogens with one attached hydrogen (secondary N) is 1. The molecule has 1 unspecified atom stereocenters. The Kier molecular flexibility index (Phi) is 5.17. The van der Waals surface area contributed by atoms with Crippen LogP contribution in [0.15, 0.2) is 0 Å². The van der Waals surface area contributed by atoms with Crippen molar-refractivity contribution in [3.63, 3.8) is 0 Å². The summed E-state index contributed by atoms with van der Waals surface area (Å²) < 4.78 is 0. The number of amides is 2. The van der Waals surface area contributed by atoms with Crippen LogP contribution in [0.3, 0.4) is 0 Å². The molecule has 2 amide bonds. The average molecular weight is 246 g/mol. The van der Waals surface area contributed by atoms with Gasteiger partial charge in [-0.1, -0.05) is 0 Å². The van der Waals surface area contributed by atoms with Crippen molar-refractivity contribution < 1.29 is 24.9 Å². The summed E-state index contributed by atoms with van der Waals surface area (Å²) in [6, 6.07) is -0.373. The molecule has 1 fully saturated rings. The van der Waals surface area contributed by atoms with Crippen LogP contribution in [0.25, 0.3) is 0 Å². The highest BCUT2D eigenvalue weighted by atomic mass is 16.4. The number of hydrogen-bond acceptors (Lipinski definition) is 4. The van der Waals surface area contributed by atoms with E-state index in [9.17, 15) is 9.59 Å². The molecule has 1 aliphatic heterocycles. The number of aliphatic carboxylic acids is 1. The van der Waals surface area contributed by atoms with E-state index in [0.29, 0.717) is 13.1 Å². The second-order valence-electron chi connectivity index (χ2n) is 4.15. The van der Waals surface area contributed by atoms with Crippen LogP contribution < -0.4 is 5.32 Å². The van der Waals surface area contributed by atoms with Crippen molar-refractivity contribution >= 4 is 12.0 Å². The lowest BCUT2D eigenvalue weighted by molar-refractivity contribution is -0.146. The first kappa shape index (κ1) is 13.7. The lowest BCUT2D eigenvalue weighted by Gasteiger charge is -2.31. The first-order valence-corrected chi connectivity index (χ1v) is 5.59. The number of urea groups is 1. The molecule has 98 valence electrons. The van der Waals surface area contributed by atoms with E-state index in [1.807, 2.05) is 0 Å². The zero-order chi connectivity index (χ0) is 12.8. The number of carboxylic acid groups (broad SMARTS) is 1. The highest BCUT2D eigenvalue weighted by molar-refractivity contribution is 5.76. The van der Waals surface area contributed by atoms with Crippen LogP contribution in [0, 0.1) is 5.92 Å². The molecule has 0 radical (unpaired) electrons. The molecule has 4 N–H and O–H groups in total. The quantitative estimate of drug-likeness (QED) is 0.500. The van der Waals surface area contributed by atoms with Crippen LogP contribution >= 0.6 is 0 Å². The number of aliphatic hydroxyl groups excluding tert-OH is 2. The Morgan fingerprint density at radius 2 is 1.94 bits per heavy atom. The zero-order valence-corrected chi connectivity index (χ0v) is 9.50. The van der Waals surface area contributed by atoms with Crippen molar-refractivity contribution in [2.24, 2.45) is 5.92 Å². The second kappa shape index (κ2) is 6.41. The molecule has 0 aromatic rings. The highest BCUT2D eigenvalue weighted by Gasteiger charge is 2.23. The van der Waals surface area contributed by atoms with Gasteiger partial charge >= 0.3 is 12.0 Å². The highest BCUT2D eigenvalue weighted by Crippen LogP contribution is 2.15. The van der Waals surface area contributed by atoms with Crippen molar-refractivity contribution in [1.82, 2.24) is 10.2 Å². The van der Waals surface area contributed by atoms with Crippen molar-refractivity contribution in [2.75, 3.05) is 26.2 Å². The molecule has 1 atom stereocenters. The molecule has 0 saturated carbocycles. The first-order valence-electron chi connectivity index (χ1n) is 5.59. The van der Waals surface area contributed by atoms with E-state index in [-0.39, 0.29) is 25.1 Å². The molecular formula is C10H18N2O5. The van der Waals surface area contributed by atoms with Crippen LogP contribution in [0.4, 0.5) is 4.79 Å². The lowest BCUT2D eigenvalue weighted by atomic mass is 9.98. The number of nitrogens with zero attached hydrogens (tertiary/aromatic N) is 1. The van der Waals surface area contributed by atoms with E-state index in [0.717, 1.165) is 12.8 Å². The van der Waals surface area contributed by atoms with Gasteiger partial charge in [-0.05, 0) is 18.8 Å². The maximum atomic E-state index is 11.6. The van der Waals surface area contributed by atoms with Gasteiger partial charge in [0.15, 0.2) is 6.10 Å². The van der Waals surface area contributed by atoms with Crippen molar-refractivity contribution in [2.45, 2.75) is 18.9 Å². The molecule has 1 aliphatic rings. The van der Waals surface area contributed by atoms with Crippen molar-refractivity contribution in [3.8, 4) is 0 Å². The normalized spacial score (nSPS) is 18.8. The predicted molar refractivity (Wildman–Crippen MR) is 58.4 cm³/mol. The molecule has 0 spiro atoms. The molecule has 0 aliphatic carbocycles. The van der Waals surface area contributed by atoms with Gasteiger partial charge in [0, 0.05) is 19.7 Å². The number of carboxylic acids is 1. The third-order valence-corrected chi connectivity index (χ3v) is 2.89. The van der Waals surface area contributed by atoms with Gasteiger partial charge < -0.3 is 25.5 Å². The first-order chi connectivity index (χ1) is 8.04. The Morgan fingerprint density at radius 1 is 1.35 bits per heavy atom. The summed E-state index contributed by atoms with van der Waals surface area (Å²) in [5.74, 6) is -1.12. The minimum atomic E-state index is -1.58. The van der Waals surface area contributed by atoms with Gasteiger partial charge in [-0.2, -0.15) is 0 Å². The number of carbonyl (C=O) groups is 2. The Hall–Kier alpha value is -1.34. The Labute approximate surface area is 99.0 Å². The maximum absolute atomic E-state index is 11.6. The van der Waals surface area contributed by atoms with Crippen molar-refractivity contribution in [1.29, 1.82) is 0 Å². The molecule has 17 heavy (non-hydrogen) atoms. The predicted octanol–water partition coefficient (Wildman–Crippen LogP) is -1.15. The standard InChI is InChI=1S/C10H18N2O5/c13-6-7-1-3-12(4-2-7)10(17)11-5-8(14)9(15)16/h7-8,13-14H,1-6H2,(H,11,17)(H,15,16). The van der Waals surface area contributed by atoms with E-state index in [1.165, 1.54) is 0 Å². The molecule has 0 bridgehead atoms. The Bertz CT molecular complexity index is 276. The SMILES string of the molecule is O=C(O)C(O)CNC(=O)N1CCC(CO)CC1. The molecule has 1 rings (SSSR count). The topological polar surface area (TPSA) is 110 Å². The summed E-state index contributed by atoms with van der Waals surface area (Å²) >= 11 is 0. The van der Waals surface area contributed by atoms with Gasteiger partial charge in [-0.15, -0.1) is 0 Å². The van der Waals surface area contributed by atoms with E-state index >= 15 is 0 Å². The van der Waals surface area contributed by atoms with E-state index < -0.39 is 12.1 Å². The number of piperidine rings is 1. The van der Waals surface area contributed by atoms with Gasteiger partial charge in [0.1, 0.15) is 0 Å².